The van der Waals surface area contributed by atoms with E-state index in [9.17, 15) is 14.4 Å². The highest BCUT2D eigenvalue weighted by Gasteiger charge is 2.31. The normalized spacial score (nSPS) is 28.6. The summed E-state index contributed by atoms with van der Waals surface area (Å²) in [4.78, 5) is 35.7. The number of carbonyl (C=O) groups excluding carboxylic acids is 3. The molecule has 1 aliphatic heterocycles. The second-order valence-corrected chi connectivity index (χ2v) is 5.31. The summed E-state index contributed by atoms with van der Waals surface area (Å²) in [7, 11) is 0. The Morgan fingerprint density at radius 1 is 1.22 bits per heavy atom. The van der Waals surface area contributed by atoms with Crippen LogP contribution in [0.3, 0.4) is 0 Å². The number of likely N-dealkylation sites (tertiary alicyclic amines) is 1. The van der Waals surface area contributed by atoms with Gasteiger partial charge in [0.2, 0.25) is 17.7 Å². The van der Waals surface area contributed by atoms with E-state index in [2.05, 4.69) is 12.2 Å². The van der Waals surface area contributed by atoms with Crippen molar-refractivity contribution in [1.82, 2.24) is 10.2 Å². The highest BCUT2D eigenvalue weighted by Crippen LogP contribution is 2.23. The zero-order chi connectivity index (χ0) is 13.1. The van der Waals surface area contributed by atoms with Crippen LogP contribution in [-0.4, -0.2) is 35.2 Å². The maximum atomic E-state index is 11.8. The summed E-state index contributed by atoms with van der Waals surface area (Å²) in [6, 6.07) is 0.194. The van der Waals surface area contributed by atoms with E-state index in [4.69, 9.17) is 0 Å². The standard InChI is InChI=1S/C13H20N2O3/c1-9-4-2-3-5-10(9)14-11(16)8-15-12(17)6-7-13(15)18/h9-10H,2-8H2,1H3,(H,14,16)/t9-,10+/m1/s1. The molecule has 2 fully saturated rings. The van der Waals surface area contributed by atoms with Crippen molar-refractivity contribution in [3.05, 3.63) is 0 Å². The molecule has 5 heteroatoms. The Morgan fingerprint density at radius 3 is 2.44 bits per heavy atom. The molecule has 0 aromatic carbocycles. The molecule has 0 unspecified atom stereocenters. The van der Waals surface area contributed by atoms with E-state index in [1.54, 1.807) is 0 Å². The van der Waals surface area contributed by atoms with Gasteiger partial charge in [0.25, 0.3) is 0 Å². The maximum absolute atomic E-state index is 11.8. The van der Waals surface area contributed by atoms with Gasteiger partial charge in [-0.25, -0.2) is 0 Å². The number of imide groups is 1. The Kier molecular flexibility index (Phi) is 3.99. The molecule has 100 valence electrons. The van der Waals surface area contributed by atoms with Crippen LogP contribution in [0, 0.1) is 5.92 Å². The fraction of sp³-hybridized carbons (Fsp3) is 0.769. The summed E-state index contributed by atoms with van der Waals surface area (Å²) < 4.78 is 0. The molecule has 1 saturated heterocycles. The van der Waals surface area contributed by atoms with Crippen molar-refractivity contribution in [2.24, 2.45) is 5.92 Å². The van der Waals surface area contributed by atoms with Gasteiger partial charge in [0, 0.05) is 18.9 Å². The zero-order valence-corrected chi connectivity index (χ0v) is 10.8. The molecule has 0 aromatic heterocycles. The lowest BCUT2D eigenvalue weighted by atomic mass is 9.86. The number of nitrogens with one attached hydrogen (secondary N) is 1. The Hall–Kier alpha value is -1.39. The van der Waals surface area contributed by atoms with Crippen molar-refractivity contribution >= 4 is 17.7 Å². The number of rotatable bonds is 3. The van der Waals surface area contributed by atoms with Crippen molar-refractivity contribution < 1.29 is 14.4 Å². The Morgan fingerprint density at radius 2 is 1.83 bits per heavy atom. The van der Waals surface area contributed by atoms with Crippen molar-refractivity contribution in [3.63, 3.8) is 0 Å². The molecule has 1 aliphatic carbocycles. The van der Waals surface area contributed by atoms with Crippen LogP contribution in [0.15, 0.2) is 0 Å². The Labute approximate surface area is 107 Å². The lowest BCUT2D eigenvalue weighted by Crippen LogP contribution is -2.46. The van der Waals surface area contributed by atoms with Crippen molar-refractivity contribution in [2.75, 3.05) is 6.54 Å². The minimum absolute atomic E-state index is 0.110. The van der Waals surface area contributed by atoms with Gasteiger partial charge in [0.15, 0.2) is 0 Å². The second-order valence-electron chi connectivity index (χ2n) is 5.31. The molecular weight excluding hydrogens is 232 g/mol. The Balaban J connectivity index is 1.84. The van der Waals surface area contributed by atoms with Gasteiger partial charge in [-0.15, -0.1) is 0 Å². The quantitative estimate of drug-likeness (QED) is 0.757. The van der Waals surface area contributed by atoms with Gasteiger partial charge in [-0.1, -0.05) is 19.8 Å². The number of nitrogens with zero attached hydrogens (tertiary/aromatic N) is 1. The molecule has 3 amide bonds. The van der Waals surface area contributed by atoms with Crippen molar-refractivity contribution in [1.29, 1.82) is 0 Å². The molecule has 2 aliphatic rings. The van der Waals surface area contributed by atoms with E-state index in [-0.39, 0.29) is 43.1 Å². The fourth-order valence-electron chi connectivity index (χ4n) is 2.73. The first-order valence-corrected chi connectivity index (χ1v) is 6.70. The number of amides is 3. The fourth-order valence-corrected chi connectivity index (χ4v) is 2.73. The van der Waals surface area contributed by atoms with Crippen LogP contribution in [0.4, 0.5) is 0 Å². The number of hydrogen-bond acceptors (Lipinski definition) is 3. The minimum atomic E-state index is -0.230. The zero-order valence-electron chi connectivity index (χ0n) is 10.8. The van der Waals surface area contributed by atoms with Crippen LogP contribution in [-0.2, 0) is 14.4 Å². The first-order valence-electron chi connectivity index (χ1n) is 6.70. The van der Waals surface area contributed by atoms with Gasteiger partial charge in [0.1, 0.15) is 6.54 Å². The van der Waals surface area contributed by atoms with Gasteiger partial charge in [-0.3, -0.25) is 19.3 Å². The third-order valence-electron chi connectivity index (χ3n) is 3.91. The van der Waals surface area contributed by atoms with E-state index in [1.165, 1.54) is 6.42 Å². The number of carbonyl (C=O) groups is 3. The van der Waals surface area contributed by atoms with Crippen LogP contribution >= 0.6 is 0 Å². The molecule has 0 bridgehead atoms. The molecule has 0 aromatic rings. The third-order valence-corrected chi connectivity index (χ3v) is 3.91. The van der Waals surface area contributed by atoms with Crippen LogP contribution in [0.25, 0.3) is 0 Å². The van der Waals surface area contributed by atoms with Crippen molar-refractivity contribution in [3.8, 4) is 0 Å². The maximum Gasteiger partial charge on any atom is 0.240 e. The van der Waals surface area contributed by atoms with Gasteiger partial charge >= 0.3 is 0 Å². The summed E-state index contributed by atoms with van der Waals surface area (Å²) in [6.07, 6.45) is 4.96. The number of hydrogen-bond donors (Lipinski definition) is 1. The van der Waals surface area contributed by atoms with Crippen LogP contribution in [0.5, 0.6) is 0 Å². The minimum Gasteiger partial charge on any atom is -0.352 e. The lowest BCUT2D eigenvalue weighted by Gasteiger charge is -2.30. The van der Waals surface area contributed by atoms with Gasteiger partial charge < -0.3 is 5.32 Å². The molecule has 5 nitrogen and oxygen atoms in total. The predicted molar refractivity (Wildman–Crippen MR) is 65.5 cm³/mol. The van der Waals surface area contributed by atoms with E-state index in [0.29, 0.717) is 5.92 Å². The monoisotopic (exact) mass is 252 g/mol. The summed E-state index contributed by atoms with van der Waals surface area (Å²) in [5.74, 6) is -0.191. The molecule has 0 radical (unpaired) electrons. The summed E-state index contributed by atoms with van der Waals surface area (Å²) >= 11 is 0. The SMILES string of the molecule is C[C@@H]1CCCC[C@@H]1NC(=O)CN1C(=O)CCC1=O. The molecule has 1 N–H and O–H groups in total. The van der Waals surface area contributed by atoms with E-state index in [1.807, 2.05) is 0 Å². The smallest absolute Gasteiger partial charge is 0.240 e. The molecule has 2 atom stereocenters. The Bertz CT molecular complexity index is 351. The largest absolute Gasteiger partial charge is 0.352 e. The van der Waals surface area contributed by atoms with Gasteiger partial charge in [-0.05, 0) is 18.8 Å². The van der Waals surface area contributed by atoms with Crippen LogP contribution in [0.2, 0.25) is 0 Å². The van der Waals surface area contributed by atoms with E-state index in [0.717, 1.165) is 24.2 Å². The highest BCUT2D eigenvalue weighted by atomic mass is 16.2. The third kappa shape index (κ3) is 2.89. The van der Waals surface area contributed by atoms with Gasteiger partial charge in [-0.2, -0.15) is 0 Å². The molecular formula is C13H20N2O3. The topological polar surface area (TPSA) is 66.5 Å². The highest BCUT2D eigenvalue weighted by molar-refractivity contribution is 6.04. The molecule has 1 saturated carbocycles. The average molecular weight is 252 g/mol. The van der Waals surface area contributed by atoms with E-state index < -0.39 is 0 Å². The van der Waals surface area contributed by atoms with Gasteiger partial charge in [0.05, 0.1) is 0 Å². The molecule has 0 spiro atoms. The molecule has 1 heterocycles. The first kappa shape index (κ1) is 13.1. The lowest BCUT2D eigenvalue weighted by molar-refractivity contribution is -0.142. The second kappa shape index (κ2) is 5.50. The summed E-state index contributed by atoms with van der Waals surface area (Å²) in [5, 5.41) is 2.95. The predicted octanol–water partition coefficient (Wildman–Crippen LogP) is 0.830. The van der Waals surface area contributed by atoms with Crippen molar-refractivity contribution in [2.45, 2.75) is 51.5 Å². The molecule has 18 heavy (non-hydrogen) atoms. The summed E-state index contributed by atoms with van der Waals surface area (Å²) in [6.45, 7) is 2.02. The summed E-state index contributed by atoms with van der Waals surface area (Å²) in [5.41, 5.74) is 0. The molecule has 2 rings (SSSR count). The average Bonchev–Trinajstić information content (AvgIpc) is 2.64. The first-order chi connectivity index (χ1) is 8.58. The van der Waals surface area contributed by atoms with Crippen LogP contribution < -0.4 is 5.32 Å². The van der Waals surface area contributed by atoms with Crippen LogP contribution in [0.1, 0.15) is 45.4 Å². The van der Waals surface area contributed by atoms with E-state index >= 15 is 0 Å².